The molecule has 0 radical (unpaired) electrons. The maximum atomic E-state index is 13.6. The fourth-order valence-electron chi connectivity index (χ4n) is 9.04. The Morgan fingerprint density at radius 1 is 0.386 bits per heavy atom. The minimum absolute atomic E-state index is 0.0116. The van der Waals surface area contributed by atoms with Crippen LogP contribution < -0.4 is 44.4 Å². The molecule has 3 N–H and O–H groups in total. The van der Waals surface area contributed by atoms with Crippen LogP contribution in [0.3, 0.4) is 0 Å². The summed E-state index contributed by atoms with van der Waals surface area (Å²) in [5, 5.41) is 8.10. The Morgan fingerprint density at radius 3 is 1.09 bits per heavy atom. The molecule has 32 heteroatoms. The first-order valence-corrected chi connectivity index (χ1v) is 35.2. The van der Waals surface area contributed by atoms with E-state index in [0.29, 0.717) is 38.8 Å². The van der Waals surface area contributed by atoms with Crippen molar-refractivity contribution in [2.45, 2.75) is 21.0 Å². The number of anilines is 3. The number of aromatic nitrogens is 6. The molecule has 9 aromatic carbocycles. The molecule has 3 amide bonds. The molecule has 101 heavy (non-hydrogen) atoms. The lowest BCUT2D eigenvalue weighted by Crippen LogP contribution is -2.17. The second-order valence-corrected chi connectivity index (χ2v) is 27.7. The fourth-order valence-corrected chi connectivity index (χ4v) is 11.2. The second-order valence-electron chi connectivity index (χ2n) is 21.3. The molecule has 0 bridgehead atoms. The lowest BCUT2D eigenvalue weighted by molar-refractivity contribution is -0.274. The van der Waals surface area contributed by atoms with Gasteiger partial charge in [0.05, 0.1) is 67.0 Å². The average molecular weight is 1450 g/mol. The summed E-state index contributed by atoms with van der Waals surface area (Å²) in [6.07, 6.45) is -1.64. The Labute approximate surface area is 577 Å². The number of methoxy groups -OCH3 is 2. The van der Waals surface area contributed by atoms with E-state index in [-0.39, 0.29) is 94.5 Å². The third kappa shape index (κ3) is 18.8. The van der Waals surface area contributed by atoms with Crippen LogP contribution in [0.4, 0.5) is 34.6 Å². The van der Waals surface area contributed by atoms with Gasteiger partial charge < -0.3 is 44.4 Å². The average Bonchev–Trinajstić information content (AvgIpc) is 0.807. The number of alkyl halides is 3. The van der Waals surface area contributed by atoms with Gasteiger partial charge in [-0.15, -0.1) is 13.2 Å². The van der Waals surface area contributed by atoms with Gasteiger partial charge >= 0.3 is 6.36 Å². The molecule has 0 saturated heterocycles. The van der Waals surface area contributed by atoms with E-state index in [4.69, 9.17) is 35.3 Å². The van der Waals surface area contributed by atoms with Crippen LogP contribution in [0.5, 0.6) is 52.1 Å². The van der Waals surface area contributed by atoms with Gasteiger partial charge in [-0.2, -0.15) is 0 Å². The van der Waals surface area contributed by atoms with Crippen LogP contribution in [0.1, 0.15) is 31.5 Å². The Bertz CT molecular complexity index is 5540. The quantitative estimate of drug-likeness (QED) is 0.0672. The van der Waals surface area contributed by atoms with Crippen molar-refractivity contribution in [3.63, 3.8) is 0 Å². The molecule has 0 unspecified atom stereocenters. The second kappa shape index (κ2) is 30.5. The number of nitrogens with one attached hydrogen (secondary N) is 3. The van der Waals surface area contributed by atoms with Crippen molar-refractivity contribution in [1.82, 2.24) is 29.9 Å². The first-order valence-electron chi connectivity index (χ1n) is 29.2. The van der Waals surface area contributed by atoms with Gasteiger partial charge in [0.25, 0.3) is 35.4 Å². The van der Waals surface area contributed by atoms with Crippen molar-refractivity contribution in [3.05, 3.63) is 234 Å². The summed E-state index contributed by atoms with van der Waals surface area (Å²) in [5.41, 5.74) is 3.02. The van der Waals surface area contributed by atoms with Crippen molar-refractivity contribution >= 4 is 109 Å². The number of rotatable bonds is 18. The Balaban J connectivity index is 0.000000163. The largest absolute Gasteiger partial charge is 0.573 e. The molecule has 24 nitrogen and oxygen atoms in total. The van der Waals surface area contributed by atoms with E-state index in [1.807, 2.05) is 0 Å². The number of amides is 3. The number of benzene rings is 9. The Morgan fingerprint density at radius 2 is 0.733 bits per heavy atom. The smallest absolute Gasteiger partial charge is 0.497 e. The monoisotopic (exact) mass is 1450 g/mol. The molecule has 0 saturated carbocycles. The van der Waals surface area contributed by atoms with Gasteiger partial charge in [0.2, 0.25) is 0 Å². The van der Waals surface area contributed by atoms with Gasteiger partial charge in [0.15, 0.2) is 58.1 Å². The van der Waals surface area contributed by atoms with E-state index in [1.165, 1.54) is 99.1 Å². The number of sulfone groups is 3. The molecule has 0 fully saturated rings. The van der Waals surface area contributed by atoms with Crippen LogP contribution in [0.2, 0.25) is 5.02 Å². The zero-order valence-electron chi connectivity index (χ0n) is 53.1. The van der Waals surface area contributed by atoms with Gasteiger partial charge in [-0.1, -0.05) is 66.2 Å². The lowest BCUT2D eigenvalue weighted by Gasteiger charge is -2.13. The van der Waals surface area contributed by atoms with Crippen molar-refractivity contribution < 1.29 is 85.6 Å². The van der Waals surface area contributed by atoms with Crippen molar-refractivity contribution in [1.29, 1.82) is 0 Å². The molecule has 12 aromatic rings. The van der Waals surface area contributed by atoms with Crippen LogP contribution in [0, 0.1) is 5.82 Å². The highest BCUT2D eigenvalue weighted by molar-refractivity contribution is 7.91. The van der Waals surface area contributed by atoms with Crippen LogP contribution in [0.15, 0.2) is 221 Å². The van der Waals surface area contributed by atoms with Gasteiger partial charge in [0.1, 0.15) is 28.8 Å². The summed E-state index contributed by atoms with van der Waals surface area (Å²) in [7, 11) is -7.54. The van der Waals surface area contributed by atoms with Crippen LogP contribution in [0.25, 0.3) is 33.1 Å². The number of carbonyl (C=O) groups is 3. The number of hydrogen-bond donors (Lipinski definition) is 3. The van der Waals surface area contributed by atoms with Gasteiger partial charge in [0, 0.05) is 48.0 Å². The molecule has 0 spiro atoms. The molecular weight excluding hydrogens is 1400 g/mol. The van der Waals surface area contributed by atoms with Crippen molar-refractivity contribution in [3.8, 4) is 52.1 Å². The van der Waals surface area contributed by atoms with Crippen molar-refractivity contribution in [2.24, 2.45) is 0 Å². The highest BCUT2D eigenvalue weighted by Crippen LogP contribution is 2.37. The molecule has 12 rings (SSSR count). The highest BCUT2D eigenvalue weighted by Gasteiger charge is 2.31. The van der Waals surface area contributed by atoms with Crippen LogP contribution >= 0.6 is 11.6 Å². The molecule has 0 aliphatic heterocycles. The Hall–Kier alpha value is -11.9. The minimum atomic E-state index is -4.84. The predicted octanol–water partition coefficient (Wildman–Crippen LogP) is 13.9. The maximum absolute atomic E-state index is 13.6. The Kier molecular flexibility index (Phi) is 21.7. The zero-order valence-corrected chi connectivity index (χ0v) is 56.3. The lowest BCUT2D eigenvalue weighted by atomic mass is 10.2. The van der Waals surface area contributed by atoms with Crippen molar-refractivity contribution in [2.75, 3.05) is 48.9 Å². The van der Waals surface area contributed by atoms with E-state index < -0.39 is 65.2 Å². The van der Waals surface area contributed by atoms with E-state index in [9.17, 15) is 57.2 Å². The maximum Gasteiger partial charge on any atom is 0.573 e. The first kappa shape index (κ1) is 71.8. The third-order valence-corrected chi connectivity index (χ3v) is 17.4. The number of carbonyl (C=O) groups excluding carboxylic acids is 3. The summed E-state index contributed by atoms with van der Waals surface area (Å²) >= 11 is 6.29. The summed E-state index contributed by atoms with van der Waals surface area (Å²) in [6, 6.07) is 51.0. The summed E-state index contributed by atoms with van der Waals surface area (Å²) in [6.45, 7) is 0. The topological polar surface area (TPSA) is 322 Å². The normalized spacial score (nSPS) is 11.4. The van der Waals surface area contributed by atoms with Gasteiger partial charge in [-0.25, -0.2) is 59.5 Å². The molecule has 0 atom stereocenters. The SMILES string of the molecule is COc1cc(F)ccc1Oc1nc2ccccc2nc1C(=O)Nc1cccc(S(C)(=O)=O)c1.COc1ccc(Oc2nc3ccccc3nc2C(=O)Nc2cccc(S(C)(=O)=O)c2)c(Cl)c1.CS(=O)(=O)c1cccc(NC(=O)c2nc3ccccc3nc2Oc2ccc(OC(F)(F)F)cc2)c1. The van der Waals surface area contributed by atoms with Gasteiger partial charge in [-0.3, -0.25) is 14.4 Å². The molecular formula is C69H52ClF4N9O15S3. The molecule has 3 aromatic heterocycles. The van der Waals surface area contributed by atoms with E-state index in [2.05, 4.69) is 50.6 Å². The van der Waals surface area contributed by atoms with E-state index in [0.717, 1.165) is 37.0 Å². The molecule has 516 valence electrons. The number of fused-ring (bicyclic) bond motifs is 3. The van der Waals surface area contributed by atoms with Crippen LogP contribution in [-0.2, 0) is 29.5 Å². The molecule has 3 heterocycles. The first-order chi connectivity index (χ1) is 48.0. The summed E-state index contributed by atoms with van der Waals surface area (Å²) in [5.74, 6) is -2.26. The van der Waals surface area contributed by atoms with Crippen LogP contribution in [-0.4, -0.2) is 112 Å². The number of halogens is 5. The third-order valence-electron chi connectivity index (χ3n) is 13.8. The number of nitrogens with zero attached hydrogens (tertiary/aromatic N) is 6. The number of para-hydroxylation sites is 6. The number of ether oxygens (including phenoxy) is 6. The molecule has 0 aliphatic carbocycles. The summed E-state index contributed by atoms with van der Waals surface area (Å²) in [4.78, 5) is 65.7. The minimum Gasteiger partial charge on any atom is -0.497 e. The molecule has 0 aliphatic rings. The fraction of sp³-hybridized carbons (Fsp3) is 0.0870. The summed E-state index contributed by atoms with van der Waals surface area (Å²) < 4.78 is 153. The van der Waals surface area contributed by atoms with E-state index >= 15 is 0 Å². The standard InChI is InChI=1S/C23H18ClN3O5S.C23H16F3N3O5S.C23H18FN3O5S/c1-31-15-10-11-20(17(24)13-15)32-23-21(26-18-8-3-4-9-19(18)27-23)22(28)25-14-6-5-7-16(12-14)33(2,29)30;1-35(31,32)17-6-4-5-14(13-17)27-21(30)20-22(29-19-8-3-2-7-18(19)28-20)33-15-9-11-16(12-10-15)34-23(24,25)26;1-31-20-12-14(24)10-11-19(20)32-23-21(26-17-8-3-4-9-18(17)27-23)22(28)25-15-6-5-7-16(13-15)33(2,29)30/h3-13H,1-2H3,(H,25,28);2-13H,1H3,(H,27,30);3-13H,1-2H3,(H,25,28). The predicted molar refractivity (Wildman–Crippen MR) is 365 cm³/mol. The zero-order chi connectivity index (χ0) is 72.4. The highest BCUT2D eigenvalue weighted by atomic mass is 35.5. The van der Waals surface area contributed by atoms with E-state index in [1.54, 1.807) is 103 Å². The van der Waals surface area contributed by atoms with Gasteiger partial charge in [-0.05, 0) is 140 Å². The number of hydrogen-bond acceptors (Lipinski definition) is 21.